The molecular weight excluding hydrogens is 302 g/mol. The second-order valence-corrected chi connectivity index (χ2v) is 5.58. The predicted molar refractivity (Wildman–Crippen MR) is 87.0 cm³/mol. The van der Waals surface area contributed by atoms with Crippen molar-refractivity contribution in [2.24, 2.45) is 0 Å². The van der Waals surface area contributed by atoms with Crippen LogP contribution in [0.2, 0.25) is 5.15 Å². The van der Waals surface area contributed by atoms with Gasteiger partial charge in [0.25, 0.3) is 0 Å². The van der Waals surface area contributed by atoms with E-state index in [1.54, 1.807) is 4.68 Å². The SMILES string of the molecule is Cc1nn(Cc2ccccc2)c(Cl)c1CN(CCO)CCO. The van der Waals surface area contributed by atoms with Crippen molar-refractivity contribution in [2.75, 3.05) is 26.3 Å². The maximum Gasteiger partial charge on any atom is 0.132 e. The van der Waals surface area contributed by atoms with Crippen LogP contribution in [-0.4, -0.2) is 51.2 Å². The highest BCUT2D eigenvalue weighted by Gasteiger charge is 2.16. The highest BCUT2D eigenvalue weighted by molar-refractivity contribution is 6.30. The Labute approximate surface area is 135 Å². The van der Waals surface area contributed by atoms with Gasteiger partial charge in [-0.1, -0.05) is 41.9 Å². The number of aryl methyl sites for hydroxylation is 1. The molecule has 0 spiro atoms. The Kier molecular flexibility index (Phi) is 6.39. The molecule has 1 aromatic carbocycles. The molecule has 2 rings (SSSR count). The van der Waals surface area contributed by atoms with E-state index in [4.69, 9.17) is 21.8 Å². The van der Waals surface area contributed by atoms with Gasteiger partial charge in [0.05, 0.1) is 25.5 Å². The van der Waals surface area contributed by atoms with Crippen molar-refractivity contribution >= 4 is 11.6 Å². The Balaban J connectivity index is 2.15. The van der Waals surface area contributed by atoms with E-state index >= 15 is 0 Å². The van der Waals surface area contributed by atoms with Crippen molar-refractivity contribution in [3.05, 3.63) is 52.3 Å². The fraction of sp³-hybridized carbons (Fsp3) is 0.438. The van der Waals surface area contributed by atoms with Crippen molar-refractivity contribution in [2.45, 2.75) is 20.0 Å². The quantitative estimate of drug-likeness (QED) is 0.776. The van der Waals surface area contributed by atoms with Gasteiger partial charge in [-0.15, -0.1) is 0 Å². The van der Waals surface area contributed by atoms with Crippen LogP contribution in [-0.2, 0) is 13.1 Å². The van der Waals surface area contributed by atoms with Gasteiger partial charge in [0.15, 0.2) is 0 Å². The summed E-state index contributed by atoms with van der Waals surface area (Å²) in [5.74, 6) is 0. The summed E-state index contributed by atoms with van der Waals surface area (Å²) in [6, 6.07) is 10.0. The third kappa shape index (κ3) is 4.30. The molecule has 2 N–H and O–H groups in total. The molecule has 0 saturated heterocycles. The van der Waals surface area contributed by atoms with Gasteiger partial charge in [0.2, 0.25) is 0 Å². The molecule has 5 nitrogen and oxygen atoms in total. The lowest BCUT2D eigenvalue weighted by Gasteiger charge is -2.19. The monoisotopic (exact) mass is 323 g/mol. The summed E-state index contributed by atoms with van der Waals surface area (Å²) < 4.78 is 1.79. The highest BCUT2D eigenvalue weighted by atomic mass is 35.5. The predicted octanol–water partition coefficient (Wildman–Crippen LogP) is 1.68. The van der Waals surface area contributed by atoms with E-state index in [0.29, 0.717) is 31.3 Å². The molecule has 0 unspecified atom stereocenters. The average molecular weight is 324 g/mol. The minimum absolute atomic E-state index is 0.0504. The van der Waals surface area contributed by atoms with Crippen molar-refractivity contribution in [3.63, 3.8) is 0 Å². The van der Waals surface area contributed by atoms with Gasteiger partial charge in [-0.2, -0.15) is 5.10 Å². The lowest BCUT2D eigenvalue weighted by atomic mass is 10.2. The minimum Gasteiger partial charge on any atom is -0.395 e. The number of hydrogen-bond acceptors (Lipinski definition) is 4. The number of aliphatic hydroxyl groups is 2. The molecule has 0 aliphatic rings. The summed E-state index contributed by atoms with van der Waals surface area (Å²) >= 11 is 6.47. The van der Waals surface area contributed by atoms with Gasteiger partial charge in [0.1, 0.15) is 5.15 Å². The zero-order valence-electron chi connectivity index (χ0n) is 12.7. The normalized spacial score (nSPS) is 11.3. The standard InChI is InChI=1S/C16H22ClN3O2/c1-13-15(12-19(7-9-21)8-10-22)16(17)20(18-13)11-14-5-3-2-4-6-14/h2-6,21-22H,7-12H2,1H3. The molecule has 0 aliphatic carbocycles. The Morgan fingerprint density at radius 3 is 2.36 bits per heavy atom. The van der Waals surface area contributed by atoms with Crippen LogP contribution in [0.5, 0.6) is 0 Å². The molecule has 22 heavy (non-hydrogen) atoms. The minimum atomic E-state index is 0.0504. The van der Waals surface area contributed by atoms with Crippen molar-refractivity contribution in [1.82, 2.24) is 14.7 Å². The van der Waals surface area contributed by atoms with Crippen molar-refractivity contribution in [3.8, 4) is 0 Å². The van der Waals surface area contributed by atoms with Crippen LogP contribution in [0.25, 0.3) is 0 Å². The van der Waals surface area contributed by atoms with E-state index in [1.165, 1.54) is 0 Å². The zero-order valence-corrected chi connectivity index (χ0v) is 13.5. The molecule has 0 bridgehead atoms. The molecule has 2 aromatic rings. The van der Waals surface area contributed by atoms with Gasteiger partial charge in [0, 0.05) is 25.2 Å². The first-order valence-electron chi connectivity index (χ1n) is 7.35. The highest BCUT2D eigenvalue weighted by Crippen LogP contribution is 2.22. The fourth-order valence-electron chi connectivity index (χ4n) is 2.41. The first-order chi connectivity index (χ1) is 10.7. The van der Waals surface area contributed by atoms with Crippen LogP contribution in [0.15, 0.2) is 30.3 Å². The summed E-state index contributed by atoms with van der Waals surface area (Å²) in [6.07, 6.45) is 0. The third-order valence-electron chi connectivity index (χ3n) is 3.57. The van der Waals surface area contributed by atoms with E-state index < -0.39 is 0 Å². The van der Waals surface area contributed by atoms with Crippen LogP contribution in [0, 0.1) is 6.92 Å². The molecule has 120 valence electrons. The second kappa shape index (κ2) is 8.29. The Hall–Kier alpha value is -1.40. The average Bonchev–Trinajstić information content (AvgIpc) is 2.76. The van der Waals surface area contributed by atoms with Crippen LogP contribution in [0.1, 0.15) is 16.8 Å². The Bertz CT molecular complexity index is 581. The molecular formula is C16H22ClN3O2. The van der Waals surface area contributed by atoms with Crippen molar-refractivity contribution < 1.29 is 10.2 Å². The number of rotatable bonds is 8. The first kappa shape index (κ1) is 17.0. The third-order valence-corrected chi connectivity index (χ3v) is 4.00. The number of hydrogen-bond donors (Lipinski definition) is 2. The molecule has 0 radical (unpaired) electrons. The fourth-order valence-corrected chi connectivity index (χ4v) is 2.70. The molecule has 0 fully saturated rings. The second-order valence-electron chi connectivity index (χ2n) is 5.22. The summed E-state index contributed by atoms with van der Waals surface area (Å²) in [5.41, 5.74) is 2.96. The van der Waals surface area contributed by atoms with Crippen LogP contribution >= 0.6 is 11.6 Å². The number of benzene rings is 1. The van der Waals surface area contributed by atoms with Crippen LogP contribution in [0.4, 0.5) is 0 Å². The summed E-state index contributed by atoms with van der Waals surface area (Å²) in [7, 11) is 0. The number of halogens is 1. The van der Waals surface area contributed by atoms with Gasteiger partial charge < -0.3 is 10.2 Å². The van der Waals surface area contributed by atoms with Crippen molar-refractivity contribution in [1.29, 1.82) is 0 Å². The molecule has 0 atom stereocenters. The summed E-state index contributed by atoms with van der Waals surface area (Å²) in [4.78, 5) is 1.96. The Morgan fingerprint density at radius 2 is 1.77 bits per heavy atom. The van der Waals surface area contributed by atoms with Gasteiger partial charge in [-0.25, -0.2) is 4.68 Å². The number of nitrogens with zero attached hydrogens (tertiary/aromatic N) is 3. The first-order valence-corrected chi connectivity index (χ1v) is 7.73. The molecule has 1 aromatic heterocycles. The number of aliphatic hydroxyl groups excluding tert-OH is 2. The summed E-state index contributed by atoms with van der Waals surface area (Å²) in [5, 5.41) is 23.3. The molecule has 0 aliphatic heterocycles. The van der Waals surface area contributed by atoms with Gasteiger partial charge in [-0.3, -0.25) is 4.90 Å². The van der Waals surface area contributed by atoms with Crippen LogP contribution in [0.3, 0.4) is 0 Å². The maximum atomic E-state index is 9.10. The topological polar surface area (TPSA) is 61.5 Å². The van der Waals surface area contributed by atoms with E-state index in [0.717, 1.165) is 16.8 Å². The van der Waals surface area contributed by atoms with E-state index in [2.05, 4.69) is 5.10 Å². The van der Waals surface area contributed by atoms with Crippen LogP contribution < -0.4 is 0 Å². The smallest absolute Gasteiger partial charge is 0.132 e. The maximum absolute atomic E-state index is 9.10. The van der Waals surface area contributed by atoms with E-state index in [-0.39, 0.29) is 13.2 Å². The van der Waals surface area contributed by atoms with Gasteiger partial charge >= 0.3 is 0 Å². The number of aromatic nitrogens is 2. The molecule has 6 heteroatoms. The Morgan fingerprint density at radius 1 is 1.14 bits per heavy atom. The molecule has 1 heterocycles. The lowest BCUT2D eigenvalue weighted by Crippen LogP contribution is -2.29. The van der Waals surface area contributed by atoms with E-state index in [9.17, 15) is 0 Å². The largest absolute Gasteiger partial charge is 0.395 e. The molecule has 0 amide bonds. The molecule has 0 saturated carbocycles. The van der Waals surface area contributed by atoms with E-state index in [1.807, 2.05) is 42.2 Å². The summed E-state index contributed by atoms with van der Waals surface area (Å²) in [6.45, 7) is 4.23. The lowest BCUT2D eigenvalue weighted by molar-refractivity contribution is 0.155. The zero-order chi connectivity index (χ0) is 15.9. The van der Waals surface area contributed by atoms with Gasteiger partial charge in [-0.05, 0) is 12.5 Å².